The van der Waals surface area contributed by atoms with Crippen LogP contribution in [-0.2, 0) is 26.2 Å². The monoisotopic (exact) mass is 571 g/mol. The number of rotatable bonds is 9. The van der Waals surface area contributed by atoms with E-state index in [4.69, 9.17) is 0 Å². The third kappa shape index (κ3) is 6.53. The molecule has 0 unspecified atom stereocenters. The zero-order chi connectivity index (χ0) is 26.5. The lowest BCUT2D eigenvalue weighted by Gasteiger charge is -2.32. The standard InChI is InChI=1S/C27H30BrN3O4S/c1-19-8-14-25(15-9-19)36(34,35)31(24-7-5-6-20(2)16-24)18-26(32)30(21(3)27(33)29-4)17-22-10-12-23(28)13-11-22/h5-16,21H,17-18H2,1-4H3,(H,29,33)/t21-/m1/s1. The summed E-state index contributed by atoms with van der Waals surface area (Å²) in [5, 5.41) is 2.58. The average Bonchev–Trinajstić information content (AvgIpc) is 2.86. The first-order valence-electron chi connectivity index (χ1n) is 11.4. The van der Waals surface area contributed by atoms with E-state index in [-0.39, 0.29) is 17.3 Å². The number of halogens is 1. The van der Waals surface area contributed by atoms with Gasteiger partial charge in [-0.15, -0.1) is 0 Å². The maximum Gasteiger partial charge on any atom is 0.264 e. The second-order valence-electron chi connectivity index (χ2n) is 8.60. The summed E-state index contributed by atoms with van der Waals surface area (Å²) in [6.07, 6.45) is 0. The Balaban J connectivity index is 2.02. The summed E-state index contributed by atoms with van der Waals surface area (Å²) in [6.45, 7) is 5.04. The topological polar surface area (TPSA) is 86.8 Å². The SMILES string of the molecule is CNC(=O)[C@@H](C)N(Cc1ccc(Br)cc1)C(=O)CN(c1cccc(C)c1)S(=O)(=O)c1ccc(C)cc1. The lowest BCUT2D eigenvalue weighted by molar-refractivity contribution is -0.139. The highest BCUT2D eigenvalue weighted by molar-refractivity contribution is 9.10. The molecule has 0 aromatic heterocycles. The van der Waals surface area contributed by atoms with Crippen molar-refractivity contribution in [3.05, 3.63) is 94.0 Å². The highest BCUT2D eigenvalue weighted by Gasteiger charge is 2.32. The van der Waals surface area contributed by atoms with Gasteiger partial charge in [-0.25, -0.2) is 8.42 Å². The Hall–Kier alpha value is -3.17. The van der Waals surface area contributed by atoms with Gasteiger partial charge in [-0.05, 0) is 68.3 Å². The van der Waals surface area contributed by atoms with Crippen molar-refractivity contribution in [2.75, 3.05) is 17.9 Å². The summed E-state index contributed by atoms with van der Waals surface area (Å²) in [7, 11) is -2.57. The Morgan fingerprint density at radius 3 is 2.17 bits per heavy atom. The summed E-state index contributed by atoms with van der Waals surface area (Å²) < 4.78 is 29.5. The molecular formula is C27H30BrN3O4S. The number of carbonyl (C=O) groups excluding carboxylic acids is 2. The summed E-state index contributed by atoms with van der Waals surface area (Å²) in [5.74, 6) is -0.838. The molecule has 190 valence electrons. The number of aryl methyl sites for hydroxylation is 2. The minimum atomic E-state index is -4.07. The molecular weight excluding hydrogens is 542 g/mol. The number of hydrogen-bond acceptors (Lipinski definition) is 4. The maximum atomic E-state index is 13.7. The Kier molecular flexibility index (Phi) is 8.92. The molecule has 0 heterocycles. The minimum absolute atomic E-state index is 0.0845. The van der Waals surface area contributed by atoms with Crippen LogP contribution in [-0.4, -0.2) is 44.8 Å². The molecule has 1 N–H and O–H groups in total. The van der Waals surface area contributed by atoms with Crippen LogP contribution >= 0.6 is 15.9 Å². The van der Waals surface area contributed by atoms with E-state index in [0.29, 0.717) is 5.69 Å². The zero-order valence-electron chi connectivity index (χ0n) is 20.7. The number of anilines is 1. The number of nitrogens with one attached hydrogen (secondary N) is 1. The van der Waals surface area contributed by atoms with Gasteiger partial charge in [0.1, 0.15) is 12.6 Å². The van der Waals surface area contributed by atoms with Crippen LogP contribution in [0.3, 0.4) is 0 Å². The van der Waals surface area contributed by atoms with Crippen molar-refractivity contribution in [3.63, 3.8) is 0 Å². The van der Waals surface area contributed by atoms with Gasteiger partial charge in [0.15, 0.2) is 0 Å². The fraction of sp³-hybridized carbons (Fsp3) is 0.259. The zero-order valence-corrected chi connectivity index (χ0v) is 23.1. The van der Waals surface area contributed by atoms with Crippen molar-refractivity contribution < 1.29 is 18.0 Å². The van der Waals surface area contributed by atoms with Crippen LogP contribution in [0, 0.1) is 13.8 Å². The first-order valence-corrected chi connectivity index (χ1v) is 13.7. The van der Waals surface area contributed by atoms with Gasteiger partial charge in [0.25, 0.3) is 10.0 Å². The van der Waals surface area contributed by atoms with Crippen LogP contribution in [0.4, 0.5) is 5.69 Å². The number of carbonyl (C=O) groups is 2. The Morgan fingerprint density at radius 1 is 0.944 bits per heavy atom. The number of amides is 2. The van der Waals surface area contributed by atoms with Crippen LogP contribution in [0.15, 0.2) is 82.2 Å². The molecule has 0 aliphatic carbocycles. The molecule has 3 aromatic carbocycles. The van der Waals surface area contributed by atoms with Gasteiger partial charge in [0, 0.05) is 18.1 Å². The van der Waals surface area contributed by atoms with Crippen LogP contribution in [0.1, 0.15) is 23.6 Å². The van der Waals surface area contributed by atoms with Crippen LogP contribution < -0.4 is 9.62 Å². The number of nitrogens with zero attached hydrogens (tertiary/aromatic N) is 2. The van der Waals surface area contributed by atoms with Crippen LogP contribution in [0.2, 0.25) is 0 Å². The molecule has 9 heteroatoms. The van der Waals surface area contributed by atoms with Crippen molar-refractivity contribution in [2.45, 2.75) is 38.3 Å². The van der Waals surface area contributed by atoms with Crippen molar-refractivity contribution >= 4 is 43.5 Å². The average molecular weight is 573 g/mol. The van der Waals surface area contributed by atoms with Crippen LogP contribution in [0.5, 0.6) is 0 Å². The molecule has 2 amide bonds. The number of hydrogen-bond donors (Lipinski definition) is 1. The van der Waals surface area contributed by atoms with Crippen LogP contribution in [0.25, 0.3) is 0 Å². The molecule has 0 spiro atoms. The third-order valence-electron chi connectivity index (χ3n) is 5.86. The van der Waals surface area contributed by atoms with E-state index < -0.39 is 28.5 Å². The van der Waals surface area contributed by atoms with E-state index in [9.17, 15) is 18.0 Å². The number of likely N-dealkylation sites (N-methyl/N-ethyl adjacent to an activating group) is 1. The molecule has 0 bridgehead atoms. The molecule has 0 fully saturated rings. The van der Waals surface area contributed by atoms with Gasteiger partial charge in [0.2, 0.25) is 11.8 Å². The van der Waals surface area contributed by atoms with E-state index in [0.717, 1.165) is 25.5 Å². The predicted octanol–water partition coefficient (Wildman–Crippen LogP) is 4.42. The lowest BCUT2D eigenvalue weighted by Crippen LogP contribution is -2.50. The fourth-order valence-corrected chi connectivity index (χ4v) is 5.40. The summed E-state index contributed by atoms with van der Waals surface area (Å²) in [4.78, 5) is 27.7. The van der Waals surface area contributed by atoms with Crippen molar-refractivity contribution in [2.24, 2.45) is 0 Å². The Morgan fingerprint density at radius 2 is 1.58 bits per heavy atom. The molecule has 7 nitrogen and oxygen atoms in total. The molecule has 3 rings (SSSR count). The molecule has 0 aliphatic rings. The van der Waals surface area contributed by atoms with E-state index in [2.05, 4.69) is 21.2 Å². The first-order chi connectivity index (χ1) is 17.0. The largest absolute Gasteiger partial charge is 0.357 e. The molecule has 0 aliphatic heterocycles. The number of sulfonamides is 1. The molecule has 1 atom stereocenters. The Bertz CT molecular complexity index is 1330. The maximum absolute atomic E-state index is 13.7. The summed E-state index contributed by atoms with van der Waals surface area (Å²) in [5.41, 5.74) is 2.97. The van der Waals surface area contributed by atoms with E-state index in [1.807, 2.05) is 44.2 Å². The Labute approximate surface area is 221 Å². The molecule has 0 saturated carbocycles. The van der Waals surface area contributed by atoms with Gasteiger partial charge < -0.3 is 10.2 Å². The normalized spacial score (nSPS) is 12.0. The minimum Gasteiger partial charge on any atom is -0.357 e. The predicted molar refractivity (Wildman–Crippen MR) is 145 cm³/mol. The van der Waals surface area contributed by atoms with E-state index >= 15 is 0 Å². The number of benzene rings is 3. The second kappa shape index (κ2) is 11.7. The van der Waals surface area contributed by atoms with E-state index in [1.165, 1.54) is 24.1 Å². The highest BCUT2D eigenvalue weighted by Crippen LogP contribution is 2.26. The smallest absolute Gasteiger partial charge is 0.264 e. The van der Waals surface area contributed by atoms with Crippen molar-refractivity contribution in [3.8, 4) is 0 Å². The molecule has 3 aromatic rings. The van der Waals surface area contributed by atoms with Gasteiger partial charge in [-0.2, -0.15) is 0 Å². The quantitative estimate of drug-likeness (QED) is 0.411. The fourth-order valence-electron chi connectivity index (χ4n) is 3.73. The van der Waals surface area contributed by atoms with Gasteiger partial charge in [-0.1, -0.05) is 57.9 Å². The summed E-state index contributed by atoms with van der Waals surface area (Å²) in [6, 6.07) is 20.1. The van der Waals surface area contributed by atoms with Gasteiger partial charge >= 0.3 is 0 Å². The van der Waals surface area contributed by atoms with Crippen molar-refractivity contribution in [1.29, 1.82) is 0 Å². The highest BCUT2D eigenvalue weighted by atomic mass is 79.9. The van der Waals surface area contributed by atoms with Gasteiger partial charge in [-0.3, -0.25) is 13.9 Å². The third-order valence-corrected chi connectivity index (χ3v) is 8.17. The molecule has 0 saturated heterocycles. The summed E-state index contributed by atoms with van der Waals surface area (Å²) >= 11 is 3.40. The van der Waals surface area contributed by atoms with E-state index in [1.54, 1.807) is 37.3 Å². The molecule has 36 heavy (non-hydrogen) atoms. The first kappa shape index (κ1) is 27.4. The van der Waals surface area contributed by atoms with Crippen molar-refractivity contribution in [1.82, 2.24) is 10.2 Å². The lowest BCUT2D eigenvalue weighted by atomic mass is 10.1. The molecule has 0 radical (unpaired) electrons. The van der Waals surface area contributed by atoms with Gasteiger partial charge in [0.05, 0.1) is 10.6 Å². The second-order valence-corrected chi connectivity index (χ2v) is 11.4.